The van der Waals surface area contributed by atoms with Crippen molar-refractivity contribution >= 4 is 34.0 Å². The van der Waals surface area contributed by atoms with Gasteiger partial charge in [-0.2, -0.15) is 13.2 Å². The van der Waals surface area contributed by atoms with Gasteiger partial charge in [0.15, 0.2) is 0 Å². The number of non-ortho nitro benzene ring substituents is 1. The Balaban J connectivity index is 2.40. The first-order chi connectivity index (χ1) is 8.79. The van der Waals surface area contributed by atoms with Gasteiger partial charge in [-0.3, -0.25) is 10.1 Å². The first kappa shape index (κ1) is 16.0. The largest absolute Gasteiger partial charge is 0.411 e. The Kier molecular flexibility index (Phi) is 5.79. The minimum atomic E-state index is -4.33. The average molecular weight is 390 g/mol. The highest BCUT2D eigenvalue weighted by Gasteiger charge is 2.27. The number of benzene rings is 1. The zero-order valence-electron chi connectivity index (χ0n) is 9.54. The highest BCUT2D eigenvalue weighted by molar-refractivity contribution is 14.1. The lowest BCUT2D eigenvalue weighted by molar-refractivity contribution is -0.384. The number of halogens is 4. The van der Waals surface area contributed by atoms with Crippen LogP contribution in [0.1, 0.15) is 0 Å². The molecular formula is C10H10F3IN2O3. The SMILES string of the molecule is O=[N+]([O-])c1ccc(NCCOCC(F)(F)F)c(I)c1. The number of rotatable bonds is 6. The van der Waals surface area contributed by atoms with Gasteiger partial charge < -0.3 is 10.1 Å². The van der Waals surface area contributed by atoms with E-state index in [1.807, 2.05) is 22.6 Å². The minimum Gasteiger partial charge on any atom is -0.382 e. The number of nitrogens with one attached hydrogen (secondary N) is 1. The third kappa shape index (κ3) is 6.05. The number of hydrogen-bond acceptors (Lipinski definition) is 4. The molecule has 0 aliphatic heterocycles. The molecule has 19 heavy (non-hydrogen) atoms. The van der Waals surface area contributed by atoms with Crippen molar-refractivity contribution in [2.24, 2.45) is 0 Å². The highest BCUT2D eigenvalue weighted by Crippen LogP contribution is 2.23. The van der Waals surface area contributed by atoms with Crippen LogP contribution in [-0.4, -0.2) is 30.9 Å². The number of alkyl halides is 3. The smallest absolute Gasteiger partial charge is 0.382 e. The summed E-state index contributed by atoms with van der Waals surface area (Å²) in [6, 6.07) is 4.20. The zero-order chi connectivity index (χ0) is 14.5. The average Bonchev–Trinajstić information content (AvgIpc) is 2.28. The molecular weight excluding hydrogens is 380 g/mol. The van der Waals surface area contributed by atoms with Crippen molar-refractivity contribution in [2.75, 3.05) is 25.1 Å². The van der Waals surface area contributed by atoms with Crippen LogP contribution in [-0.2, 0) is 4.74 Å². The van der Waals surface area contributed by atoms with E-state index in [1.165, 1.54) is 18.2 Å². The minimum absolute atomic E-state index is 0.0386. The Morgan fingerprint density at radius 1 is 1.42 bits per heavy atom. The Morgan fingerprint density at radius 3 is 2.63 bits per heavy atom. The Hall–Kier alpha value is -1.10. The molecule has 0 bridgehead atoms. The number of nitro benzene ring substituents is 1. The van der Waals surface area contributed by atoms with Crippen LogP contribution >= 0.6 is 22.6 Å². The molecule has 0 aliphatic rings. The van der Waals surface area contributed by atoms with E-state index in [1.54, 1.807) is 0 Å². The second-order valence-corrected chi connectivity index (χ2v) is 4.68. The third-order valence-electron chi connectivity index (χ3n) is 1.99. The molecule has 0 fully saturated rings. The molecule has 0 atom stereocenters. The molecule has 1 N–H and O–H groups in total. The molecule has 1 rings (SSSR count). The van der Waals surface area contributed by atoms with Crippen LogP contribution in [0.3, 0.4) is 0 Å². The van der Waals surface area contributed by atoms with Crippen LogP contribution in [0, 0.1) is 13.7 Å². The molecule has 0 amide bonds. The van der Waals surface area contributed by atoms with Crippen molar-refractivity contribution in [3.63, 3.8) is 0 Å². The van der Waals surface area contributed by atoms with Crippen molar-refractivity contribution in [3.05, 3.63) is 31.9 Å². The molecule has 5 nitrogen and oxygen atoms in total. The van der Waals surface area contributed by atoms with E-state index < -0.39 is 17.7 Å². The molecule has 106 valence electrons. The maximum absolute atomic E-state index is 11.8. The van der Waals surface area contributed by atoms with E-state index >= 15 is 0 Å². The number of nitrogens with zero attached hydrogens (tertiary/aromatic N) is 1. The van der Waals surface area contributed by atoms with Crippen LogP contribution in [0.25, 0.3) is 0 Å². The van der Waals surface area contributed by atoms with Crippen molar-refractivity contribution in [2.45, 2.75) is 6.18 Å². The van der Waals surface area contributed by atoms with E-state index in [0.717, 1.165) is 0 Å². The van der Waals surface area contributed by atoms with Gasteiger partial charge in [-0.25, -0.2) is 0 Å². The summed E-state index contributed by atoms with van der Waals surface area (Å²) in [6.45, 7) is -1.21. The van der Waals surface area contributed by atoms with Crippen molar-refractivity contribution in [1.29, 1.82) is 0 Å². The lowest BCUT2D eigenvalue weighted by Gasteiger charge is -2.10. The molecule has 0 spiro atoms. The van der Waals surface area contributed by atoms with Gasteiger partial charge in [0.25, 0.3) is 5.69 Å². The van der Waals surface area contributed by atoms with Gasteiger partial charge in [0, 0.05) is 27.9 Å². The Bertz CT molecular complexity index is 454. The fourth-order valence-electron chi connectivity index (χ4n) is 1.21. The van der Waals surface area contributed by atoms with Gasteiger partial charge in [0.05, 0.1) is 11.5 Å². The Labute approximate surface area is 120 Å². The highest BCUT2D eigenvalue weighted by atomic mass is 127. The number of anilines is 1. The summed E-state index contributed by atoms with van der Waals surface area (Å²) in [7, 11) is 0. The first-order valence-electron chi connectivity index (χ1n) is 5.12. The van der Waals surface area contributed by atoms with Gasteiger partial charge in [-0.05, 0) is 28.7 Å². The summed E-state index contributed by atoms with van der Waals surface area (Å²) >= 11 is 1.91. The summed E-state index contributed by atoms with van der Waals surface area (Å²) in [6.07, 6.45) is -4.33. The molecule has 0 saturated heterocycles. The summed E-state index contributed by atoms with van der Waals surface area (Å²) in [5.74, 6) is 0. The first-order valence-corrected chi connectivity index (χ1v) is 6.20. The predicted octanol–water partition coefficient (Wildman–Crippen LogP) is 3.19. The van der Waals surface area contributed by atoms with Gasteiger partial charge in [-0.15, -0.1) is 0 Å². The van der Waals surface area contributed by atoms with Gasteiger partial charge >= 0.3 is 6.18 Å². The molecule has 1 aromatic rings. The molecule has 0 aliphatic carbocycles. The van der Waals surface area contributed by atoms with Crippen LogP contribution in [0.5, 0.6) is 0 Å². The van der Waals surface area contributed by atoms with E-state index in [-0.39, 0.29) is 18.8 Å². The monoisotopic (exact) mass is 390 g/mol. The third-order valence-corrected chi connectivity index (χ3v) is 2.88. The van der Waals surface area contributed by atoms with Crippen LogP contribution in [0.4, 0.5) is 24.5 Å². The lowest BCUT2D eigenvalue weighted by Crippen LogP contribution is -2.20. The second kappa shape index (κ2) is 6.89. The maximum Gasteiger partial charge on any atom is 0.411 e. The quantitative estimate of drug-likeness (QED) is 0.351. The van der Waals surface area contributed by atoms with Gasteiger partial charge in [-0.1, -0.05) is 0 Å². The van der Waals surface area contributed by atoms with Crippen LogP contribution < -0.4 is 5.32 Å². The van der Waals surface area contributed by atoms with E-state index in [0.29, 0.717) is 9.26 Å². The normalized spacial score (nSPS) is 11.4. The molecule has 9 heteroatoms. The zero-order valence-corrected chi connectivity index (χ0v) is 11.7. The second-order valence-electron chi connectivity index (χ2n) is 3.52. The van der Waals surface area contributed by atoms with Crippen molar-refractivity contribution in [1.82, 2.24) is 0 Å². The summed E-state index contributed by atoms with van der Waals surface area (Å²) < 4.78 is 40.4. The molecule has 0 saturated carbocycles. The summed E-state index contributed by atoms with van der Waals surface area (Å²) in [4.78, 5) is 10.00. The predicted molar refractivity (Wildman–Crippen MR) is 71.2 cm³/mol. The lowest BCUT2D eigenvalue weighted by atomic mass is 10.3. The van der Waals surface area contributed by atoms with E-state index in [9.17, 15) is 23.3 Å². The van der Waals surface area contributed by atoms with Crippen molar-refractivity contribution < 1.29 is 22.8 Å². The number of hydrogen-bond donors (Lipinski definition) is 1. The van der Waals surface area contributed by atoms with Crippen LogP contribution in [0.15, 0.2) is 18.2 Å². The van der Waals surface area contributed by atoms with E-state index in [2.05, 4.69) is 10.1 Å². The fraction of sp³-hybridized carbons (Fsp3) is 0.400. The molecule has 0 heterocycles. The molecule has 0 radical (unpaired) electrons. The van der Waals surface area contributed by atoms with Crippen LogP contribution in [0.2, 0.25) is 0 Å². The number of nitro groups is 1. The standard InChI is InChI=1S/C10H10F3IN2O3/c11-10(12,13)6-19-4-3-15-9-2-1-7(16(17)18)5-8(9)14/h1-2,5,15H,3-4,6H2. The maximum atomic E-state index is 11.8. The topological polar surface area (TPSA) is 64.4 Å². The van der Waals surface area contributed by atoms with Gasteiger partial charge in [0.1, 0.15) is 6.61 Å². The molecule has 0 aromatic heterocycles. The summed E-state index contributed by atoms with van der Waals surface area (Å²) in [5, 5.41) is 13.4. The Morgan fingerprint density at radius 2 is 2.11 bits per heavy atom. The number of ether oxygens (including phenoxy) is 1. The summed E-state index contributed by atoms with van der Waals surface area (Å²) in [5.41, 5.74) is 0.574. The van der Waals surface area contributed by atoms with E-state index in [4.69, 9.17) is 0 Å². The molecule has 1 aromatic carbocycles. The van der Waals surface area contributed by atoms with Crippen molar-refractivity contribution in [3.8, 4) is 0 Å². The fourth-order valence-corrected chi connectivity index (χ4v) is 1.90. The molecule has 0 unspecified atom stereocenters. The van der Waals surface area contributed by atoms with Gasteiger partial charge in [0.2, 0.25) is 0 Å².